The molecule has 0 aromatic carbocycles. The number of carbonyl (C=O) groups is 2. The highest BCUT2D eigenvalue weighted by Crippen LogP contribution is 2.22. The van der Waals surface area contributed by atoms with Crippen molar-refractivity contribution in [1.29, 1.82) is 0 Å². The predicted molar refractivity (Wildman–Crippen MR) is 69.4 cm³/mol. The summed E-state index contributed by atoms with van der Waals surface area (Å²) in [5, 5.41) is 11.5. The number of carbonyl (C=O) groups excluding carboxylic acids is 1. The molecule has 1 amide bonds. The van der Waals surface area contributed by atoms with Crippen LogP contribution in [0.25, 0.3) is 0 Å². The minimum Gasteiger partial charge on any atom is -0.480 e. The molecular formula is C13H24N2O3. The number of aliphatic carboxylic acids is 1. The molecule has 0 aromatic rings. The highest BCUT2D eigenvalue weighted by molar-refractivity contribution is 5.80. The summed E-state index contributed by atoms with van der Waals surface area (Å²) in [7, 11) is 0. The molecule has 1 unspecified atom stereocenters. The van der Waals surface area contributed by atoms with Crippen LogP contribution in [0.15, 0.2) is 0 Å². The van der Waals surface area contributed by atoms with E-state index in [0.29, 0.717) is 12.6 Å². The summed E-state index contributed by atoms with van der Waals surface area (Å²) < 4.78 is 0. The second-order valence-electron chi connectivity index (χ2n) is 4.91. The van der Waals surface area contributed by atoms with Crippen molar-refractivity contribution in [3.05, 3.63) is 0 Å². The maximum atomic E-state index is 12.1. The maximum absolute atomic E-state index is 12.1. The van der Waals surface area contributed by atoms with E-state index in [-0.39, 0.29) is 12.5 Å². The first kappa shape index (κ1) is 15.0. The molecule has 1 saturated carbocycles. The van der Waals surface area contributed by atoms with Gasteiger partial charge in [0.2, 0.25) is 5.91 Å². The van der Waals surface area contributed by atoms with Crippen molar-refractivity contribution in [1.82, 2.24) is 10.2 Å². The quantitative estimate of drug-likeness (QED) is 0.750. The lowest BCUT2D eigenvalue weighted by Gasteiger charge is -2.33. The number of rotatable bonds is 6. The highest BCUT2D eigenvalue weighted by Gasteiger charge is 2.24. The zero-order valence-electron chi connectivity index (χ0n) is 11.3. The van der Waals surface area contributed by atoms with Crippen LogP contribution in [0.2, 0.25) is 0 Å². The van der Waals surface area contributed by atoms with Gasteiger partial charge in [0.05, 0.1) is 6.54 Å². The van der Waals surface area contributed by atoms with Crippen molar-refractivity contribution < 1.29 is 14.7 Å². The smallest absolute Gasteiger partial charge is 0.320 e. The number of carboxylic acid groups (broad SMARTS) is 1. The number of hydrogen-bond acceptors (Lipinski definition) is 3. The normalized spacial score (nSPS) is 18.3. The van der Waals surface area contributed by atoms with Gasteiger partial charge < -0.3 is 10.0 Å². The van der Waals surface area contributed by atoms with Gasteiger partial charge in [-0.3, -0.25) is 14.9 Å². The summed E-state index contributed by atoms with van der Waals surface area (Å²) in [5.74, 6) is -0.916. The molecule has 0 bridgehead atoms. The van der Waals surface area contributed by atoms with Crippen LogP contribution in [-0.2, 0) is 9.59 Å². The summed E-state index contributed by atoms with van der Waals surface area (Å²) in [4.78, 5) is 24.6. The minimum atomic E-state index is -0.927. The summed E-state index contributed by atoms with van der Waals surface area (Å²) in [5.41, 5.74) is 0. The summed E-state index contributed by atoms with van der Waals surface area (Å²) >= 11 is 0. The first-order valence-corrected chi connectivity index (χ1v) is 6.82. The Morgan fingerprint density at radius 1 is 1.33 bits per heavy atom. The van der Waals surface area contributed by atoms with E-state index < -0.39 is 12.0 Å². The first-order chi connectivity index (χ1) is 8.56. The van der Waals surface area contributed by atoms with Crippen molar-refractivity contribution in [3.63, 3.8) is 0 Å². The Morgan fingerprint density at radius 2 is 1.94 bits per heavy atom. The van der Waals surface area contributed by atoms with Gasteiger partial charge in [0.15, 0.2) is 0 Å². The predicted octanol–water partition coefficient (Wildman–Crippen LogP) is 1.23. The Morgan fingerprint density at radius 3 is 2.44 bits per heavy atom. The number of hydrogen-bond donors (Lipinski definition) is 2. The molecule has 2 N–H and O–H groups in total. The SMILES string of the molecule is CCN(C(=O)CNC(C)C(=O)O)C1CCCCC1. The maximum Gasteiger partial charge on any atom is 0.320 e. The highest BCUT2D eigenvalue weighted by atomic mass is 16.4. The van der Waals surface area contributed by atoms with Gasteiger partial charge in [0.1, 0.15) is 6.04 Å². The molecular weight excluding hydrogens is 232 g/mol. The van der Waals surface area contributed by atoms with Gasteiger partial charge in [-0.05, 0) is 26.7 Å². The molecule has 18 heavy (non-hydrogen) atoms. The van der Waals surface area contributed by atoms with Crippen molar-refractivity contribution in [2.75, 3.05) is 13.1 Å². The Hall–Kier alpha value is -1.10. The van der Waals surface area contributed by atoms with Crippen LogP contribution in [0.4, 0.5) is 0 Å². The van der Waals surface area contributed by atoms with Gasteiger partial charge in [0, 0.05) is 12.6 Å². The monoisotopic (exact) mass is 256 g/mol. The average Bonchev–Trinajstić information content (AvgIpc) is 2.38. The Kier molecular flexibility index (Phi) is 6.12. The molecule has 0 aromatic heterocycles. The van der Waals surface area contributed by atoms with E-state index in [4.69, 9.17) is 5.11 Å². The number of likely N-dealkylation sites (N-methyl/N-ethyl adjacent to an activating group) is 1. The van der Waals surface area contributed by atoms with Crippen LogP contribution < -0.4 is 5.32 Å². The van der Waals surface area contributed by atoms with Gasteiger partial charge in [-0.2, -0.15) is 0 Å². The third kappa shape index (κ3) is 4.29. The van der Waals surface area contributed by atoms with Gasteiger partial charge in [-0.25, -0.2) is 0 Å². The molecule has 1 atom stereocenters. The van der Waals surface area contributed by atoms with E-state index >= 15 is 0 Å². The molecule has 1 fully saturated rings. The van der Waals surface area contributed by atoms with Crippen LogP contribution in [-0.4, -0.2) is 47.1 Å². The topological polar surface area (TPSA) is 69.6 Å². The van der Waals surface area contributed by atoms with Gasteiger partial charge in [-0.15, -0.1) is 0 Å². The molecule has 1 aliphatic rings. The summed E-state index contributed by atoms with van der Waals surface area (Å²) in [6.45, 7) is 4.34. The molecule has 104 valence electrons. The molecule has 0 radical (unpaired) electrons. The lowest BCUT2D eigenvalue weighted by molar-refractivity contribution is -0.139. The summed E-state index contributed by atoms with van der Waals surface area (Å²) in [6.07, 6.45) is 5.79. The number of carboxylic acids is 1. The second kappa shape index (κ2) is 7.36. The lowest BCUT2D eigenvalue weighted by atomic mass is 9.94. The zero-order valence-corrected chi connectivity index (χ0v) is 11.3. The number of nitrogens with zero attached hydrogens (tertiary/aromatic N) is 1. The fraction of sp³-hybridized carbons (Fsp3) is 0.846. The molecule has 0 spiro atoms. The Balaban J connectivity index is 2.43. The Bertz CT molecular complexity index is 288. The second-order valence-corrected chi connectivity index (χ2v) is 4.91. The standard InChI is InChI=1S/C13H24N2O3/c1-3-15(11-7-5-4-6-8-11)12(16)9-14-10(2)13(17)18/h10-11,14H,3-9H2,1-2H3,(H,17,18). The third-order valence-electron chi connectivity index (χ3n) is 3.61. The van der Waals surface area contributed by atoms with Gasteiger partial charge in [-0.1, -0.05) is 19.3 Å². The van der Waals surface area contributed by atoms with E-state index in [1.54, 1.807) is 6.92 Å². The van der Waals surface area contributed by atoms with E-state index in [9.17, 15) is 9.59 Å². The largest absolute Gasteiger partial charge is 0.480 e. The molecule has 0 heterocycles. The molecule has 5 nitrogen and oxygen atoms in total. The van der Waals surface area contributed by atoms with Crippen LogP contribution in [0.3, 0.4) is 0 Å². The zero-order chi connectivity index (χ0) is 13.5. The van der Waals surface area contributed by atoms with Crippen LogP contribution in [0, 0.1) is 0 Å². The van der Waals surface area contributed by atoms with Crippen LogP contribution in [0.1, 0.15) is 46.0 Å². The van der Waals surface area contributed by atoms with Crippen molar-refractivity contribution >= 4 is 11.9 Å². The average molecular weight is 256 g/mol. The lowest BCUT2D eigenvalue weighted by Crippen LogP contribution is -2.47. The van der Waals surface area contributed by atoms with E-state index in [1.165, 1.54) is 19.3 Å². The van der Waals surface area contributed by atoms with E-state index in [1.807, 2.05) is 11.8 Å². The molecule has 0 aliphatic heterocycles. The van der Waals surface area contributed by atoms with Gasteiger partial charge >= 0.3 is 5.97 Å². The van der Waals surface area contributed by atoms with Crippen molar-refractivity contribution in [3.8, 4) is 0 Å². The minimum absolute atomic E-state index is 0.0116. The fourth-order valence-corrected chi connectivity index (χ4v) is 2.46. The summed E-state index contributed by atoms with van der Waals surface area (Å²) in [6, 6.07) is -0.336. The van der Waals surface area contributed by atoms with Crippen molar-refractivity contribution in [2.24, 2.45) is 0 Å². The molecule has 1 rings (SSSR count). The van der Waals surface area contributed by atoms with E-state index in [0.717, 1.165) is 12.8 Å². The molecule has 1 aliphatic carbocycles. The fourth-order valence-electron chi connectivity index (χ4n) is 2.46. The van der Waals surface area contributed by atoms with E-state index in [2.05, 4.69) is 5.32 Å². The van der Waals surface area contributed by atoms with Crippen LogP contribution in [0.5, 0.6) is 0 Å². The number of nitrogens with one attached hydrogen (secondary N) is 1. The van der Waals surface area contributed by atoms with Gasteiger partial charge in [0.25, 0.3) is 0 Å². The Labute approximate surface area is 109 Å². The van der Waals surface area contributed by atoms with Crippen LogP contribution >= 0.6 is 0 Å². The molecule has 0 saturated heterocycles. The third-order valence-corrected chi connectivity index (χ3v) is 3.61. The van der Waals surface area contributed by atoms with Crippen molar-refractivity contribution in [2.45, 2.75) is 58.0 Å². The first-order valence-electron chi connectivity index (χ1n) is 6.82. The number of amides is 1. The molecule has 5 heteroatoms.